The second kappa shape index (κ2) is 15.2. The van der Waals surface area contributed by atoms with Gasteiger partial charge in [0.15, 0.2) is 17.5 Å². The summed E-state index contributed by atoms with van der Waals surface area (Å²) in [7, 11) is 0. The molecule has 2 aliphatic rings. The maximum absolute atomic E-state index is 7.00. The number of allylic oxidation sites excluding steroid dienone is 8. The van der Waals surface area contributed by atoms with Crippen LogP contribution in [0.2, 0.25) is 0 Å². The van der Waals surface area contributed by atoms with Crippen LogP contribution in [0.1, 0.15) is 32.0 Å². The van der Waals surface area contributed by atoms with Crippen molar-refractivity contribution in [3.05, 3.63) is 206 Å². The Morgan fingerprint density at radius 1 is 0.544 bits per heavy atom. The predicted molar refractivity (Wildman–Crippen MR) is 282 cm³/mol. The van der Waals surface area contributed by atoms with Crippen LogP contribution in [0.25, 0.3) is 127 Å². The van der Waals surface area contributed by atoms with Crippen LogP contribution in [0, 0.1) is 5.92 Å². The maximum Gasteiger partial charge on any atom is 0.164 e. The largest absolute Gasteiger partial charge is 0.455 e. The summed E-state index contributed by atoms with van der Waals surface area (Å²) in [6, 6.07) is 59.0. The Morgan fingerprint density at radius 2 is 1.25 bits per heavy atom. The fourth-order valence-corrected chi connectivity index (χ4v) is 11.0. The van der Waals surface area contributed by atoms with E-state index in [1.807, 2.05) is 18.2 Å². The van der Waals surface area contributed by atoms with E-state index in [0.717, 1.165) is 84.7 Å². The summed E-state index contributed by atoms with van der Waals surface area (Å²) in [6.45, 7) is 2.36. The minimum Gasteiger partial charge on any atom is -0.455 e. The van der Waals surface area contributed by atoms with Gasteiger partial charge >= 0.3 is 0 Å². The van der Waals surface area contributed by atoms with E-state index < -0.39 is 0 Å². The molecule has 1 atom stereocenters. The summed E-state index contributed by atoms with van der Waals surface area (Å²) in [5.74, 6) is 2.40. The molecule has 0 aliphatic heterocycles. The van der Waals surface area contributed by atoms with Gasteiger partial charge in [-0.3, -0.25) is 0 Å². The first kappa shape index (κ1) is 38.6. The SMILES string of the molecule is CC1CCC=C1n1c2ccccc2c2cc(-n3c4ccc5ccccc5c4c4c5oc6ccccc6c5cc(-c5ccc(-c6nc(C7=CC=CCC=C7)nc(-c7ccccc7)n6)cc5)c43)ccc21. The molecule has 4 aromatic heterocycles. The summed E-state index contributed by atoms with van der Waals surface area (Å²) < 4.78 is 12.0. The van der Waals surface area contributed by atoms with E-state index in [-0.39, 0.29) is 0 Å². The van der Waals surface area contributed by atoms with Gasteiger partial charge in [-0.15, -0.1) is 0 Å². The van der Waals surface area contributed by atoms with Crippen LogP contribution in [0.3, 0.4) is 0 Å². The third kappa shape index (κ3) is 5.93. The molecule has 1 unspecified atom stereocenters. The van der Waals surface area contributed by atoms with Crippen LogP contribution in [0.15, 0.2) is 205 Å². The van der Waals surface area contributed by atoms with E-state index >= 15 is 0 Å². The highest BCUT2D eigenvalue weighted by molar-refractivity contribution is 6.32. The van der Waals surface area contributed by atoms with Crippen molar-refractivity contribution < 1.29 is 4.42 Å². The molecular formula is C62H43N5O. The molecular weight excluding hydrogens is 831 g/mol. The Bertz CT molecular complexity index is 4180. The van der Waals surface area contributed by atoms with Crippen LogP contribution >= 0.6 is 0 Å². The molecule has 0 fully saturated rings. The third-order valence-corrected chi connectivity index (χ3v) is 14.3. The fourth-order valence-electron chi connectivity index (χ4n) is 11.0. The second-order valence-corrected chi connectivity index (χ2v) is 18.2. The lowest BCUT2D eigenvalue weighted by atomic mass is 9.96. The van der Waals surface area contributed by atoms with Crippen LogP contribution < -0.4 is 0 Å². The number of hydrogen-bond donors (Lipinski definition) is 0. The average Bonchev–Trinajstić information content (AvgIpc) is 4.11. The Morgan fingerprint density at radius 3 is 2.09 bits per heavy atom. The number of aromatic nitrogens is 5. The highest BCUT2D eigenvalue weighted by Gasteiger charge is 2.26. The van der Waals surface area contributed by atoms with Gasteiger partial charge in [0.25, 0.3) is 0 Å². The van der Waals surface area contributed by atoms with Gasteiger partial charge in [-0.2, -0.15) is 0 Å². The first-order valence-electron chi connectivity index (χ1n) is 23.6. The highest BCUT2D eigenvalue weighted by atomic mass is 16.3. The van der Waals surface area contributed by atoms with Crippen molar-refractivity contribution in [3.63, 3.8) is 0 Å². The smallest absolute Gasteiger partial charge is 0.164 e. The number of furan rings is 1. The number of para-hydroxylation sites is 2. The molecule has 4 heterocycles. The summed E-state index contributed by atoms with van der Waals surface area (Å²) in [5.41, 5.74) is 14.0. The molecule has 8 aromatic carbocycles. The highest BCUT2D eigenvalue weighted by Crippen LogP contribution is 2.48. The van der Waals surface area contributed by atoms with Gasteiger partial charge in [0, 0.05) is 60.6 Å². The monoisotopic (exact) mass is 873 g/mol. The summed E-state index contributed by atoms with van der Waals surface area (Å²) in [6.07, 6.45) is 16.1. The lowest BCUT2D eigenvalue weighted by Crippen LogP contribution is -2.02. The molecule has 2 aliphatic carbocycles. The Balaban J connectivity index is 1.04. The van der Waals surface area contributed by atoms with Crippen LogP contribution in [-0.2, 0) is 0 Å². The molecule has 0 spiro atoms. The van der Waals surface area contributed by atoms with E-state index in [4.69, 9.17) is 19.4 Å². The average molecular weight is 874 g/mol. The fraction of sp³-hybridized carbons (Fsp3) is 0.0806. The lowest BCUT2D eigenvalue weighted by molar-refractivity contribution is 0.673. The molecule has 0 radical (unpaired) electrons. The number of benzene rings is 8. The van der Waals surface area contributed by atoms with Gasteiger partial charge in [-0.05, 0) is 84.0 Å². The Hall–Kier alpha value is -8.61. The zero-order valence-electron chi connectivity index (χ0n) is 37.4. The first-order valence-corrected chi connectivity index (χ1v) is 23.6. The van der Waals surface area contributed by atoms with Crippen molar-refractivity contribution in [1.82, 2.24) is 24.1 Å². The molecule has 0 N–H and O–H groups in total. The molecule has 6 nitrogen and oxygen atoms in total. The van der Waals surface area contributed by atoms with Crippen LogP contribution in [-0.4, -0.2) is 24.1 Å². The maximum atomic E-state index is 7.00. The zero-order chi connectivity index (χ0) is 44.9. The van der Waals surface area contributed by atoms with Gasteiger partial charge in [-0.25, -0.2) is 15.0 Å². The van der Waals surface area contributed by atoms with Crippen LogP contribution in [0.5, 0.6) is 0 Å². The summed E-state index contributed by atoms with van der Waals surface area (Å²) in [4.78, 5) is 15.2. The number of hydrogen-bond acceptors (Lipinski definition) is 4. The Kier molecular flexibility index (Phi) is 8.65. The van der Waals surface area contributed by atoms with Crippen molar-refractivity contribution in [2.45, 2.75) is 26.2 Å². The molecule has 0 amide bonds. The summed E-state index contributed by atoms with van der Waals surface area (Å²) in [5, 5.41) is 9.33. The number of rotatable bonds is 6. The quantitative estimate of drug-likeness (QED) is 0.167. The van der Waals surface area contributed by atoms with Crippen molar-refractivity contribution >= 4 is 87.6 Å². The van der Waals surface area contributed by atoms with Gasteiger partial charge in [-0.1, -0.05) is 165 Å². The second-order valence-electron chi connectivity index (χ2n) is 18.2. The minimum absolute atomic E-state index is 0.492. The van der Waals surface area contributed by atoms with Crippen molar-refractivity contribution in [2.24, 2.45) is 5.92 Å². The molecule has 14 rings (SSSR count). The van der Waals surface area contributed by atoms with Gasteiger partial charge in [0.05, 0.1) is 27.5 Å². The number of fused-ring (bicyclic) bond motifs is 12. The van der Waals surface area contributed by atoms with Crippen molar-refractivity contribution in [3.8, 4) is 39.6 Å². The minimum atomic E-state index is 0.492. The van der Waals surface area contributed by atoms with Crippen molar-refractivity contribution in [1.29, 1.82) is 0 Å². The molecule has 6 heteroatoms. The molecule has 68 heavy (non-hydrogen) atoms. The molecule has 0 saturated carbocycles. The van der Waals surface area contributed by atoms with E-state index in [2.05, 4.69) is 198 Å². The van der Waals surface area contributed by atoms with E-state index in [1.54, 1.807) is 0 Å². The third-order valence-electron chi connectivity index (χ3n) is 14.3. The summed E-state index contributed by atoms with van der Waals surface area (Å²) >= 11 is 0. The number of nitrogens with zero attached hydrogens (tertiary/aromatic N) is 5. The van der Waals surface area contributed by atoms with E-state index in [9.17, 15) is 0 Å². The zero-order valence-corrected chi connectivity index (χ0v) is 37.4. The lowest BCUT2D eigenvalue weighted by Gasteiger charge is -2.15. The molecule has 12 aromatic rings. The van der Waals surface area contributed by atoms with E-state index in [0.29, 0.717) is 23.4 Å². The first-order chi connectivity index (χ1) is 33.6. The van der Waals surface area contributed by atoms with Gasteiger partial charge in [0.2, 0.25) is 0 Å². The van der Waals surface area contributed by atoms with Crippen LogP contribution in [0.4, 0.5) is 0 Å². The standard InChI is InChI=1S/C62H43N5O/c1-38-16-15-26-51(38)67-52-25-13-11-23-46(52)49-36-44(33-35-53(49)67)66-54-34-32-39-17-9-10-22-45(39)56(54)57-58(66)48(37-50-47-24-12-14-27-55(47)68-59(50)57)40-28-30-43(31-29-40)62-64-60(41-18-5-2-3-6-19-41)63-61(65-62)42-20-7-4-8-21-42/h2,4-14,17-38H,3,15-16H2,1H3. The van der Waals surface area contributed by atoms with Gasteiger partial charge in [0.1, 0.15) is 11.2 Å². The molecule has 0 bridgehead atoms. The van der Waals surface area contributed by atoms with E-state index in [1.165, 1.54) is 50.1 Å². The molecule has 322 valence electrons. The Labute approximate surface area is 392 Å². The topological polar surface area (TPSA) is 61.7 Å². The van der Waals surface area contributed by atoms with Gasteiger partial charge < -0.3 is 13.6 Å². The molecule has 0 saturated heterocycles. The van der Waals surface area contributed by atoms with Crippen molar-refractivity contribution in [2.75, 3.05) is 0 Å². The predicted octanol–water partition coefficient (Wildman–Crippen LogP) is 16.3. The normalized spacial score (nSPS) is 15.2.